The molecule has 2 N–H and O–H groups in total. The van der Waals surface area contributed by atoms with Gasteiger partial charge in [-0.3, -0.25) is 14.4 Å². The Bertz CT molecular complexity index is 877. The second-order valence-corrected chi connectivity index (χ2v) is 5.69. The lowest BCUT2D eigenvalue weighted by molar-refractivity contribution is -0.152. The van der Waals surface area contributed by atoms with Crippen LogP contribution in [0.5, 0.6) is 5.75 Å². The minimum absolute atomic E-state index is 0.247. The quantitative estimate of drug-likeness (QED) is 0.671. The molecule has 2 rings (SSSR count). The molecule has 0 aliphatic carbocycles. The third-order valence-electron chi connectivity index (χ3n) is 3.48. The fraction of sp³-hybridized carbons (Fsp3) is 0.200. The summed E-state index contributed by atoms with van der Waals surface area (Å²) in [5, 5.41) is 13.8. The largest absolute Gasteiger partial charge is 0.484 e. The van der Waals surface area contributed by atoms with Gasteiger partial charge in [0.25, 0.3) is 11.8 Å². The molecule has 0 aliphatic rings. The van der Waals surface area contributed by atoms with E-state index in [2.05, 4.69) is 10.6 Å². The van der Waals surface area contributed by atoms with Gasteiger partial charge in [-0.1, -0.05) is 24.3 Å². The van der Waals surface area contributed by atoms with E-state index in [1.54, 1.807) is 42.5 Å². The minimum Gasteiger partial charge on any atom is -0.484 e. The molecule has 2 aromatic rings. The van der Waals surface area contributed by atoms with Crippen molar-refractivity contribution in [3.8, 4) is 11.8 Å². The molecular formula is C20H19N3O5. The molecule has 0 saturated carbocycles. The van der Waals surface area contributed by atoms with Crippen LogP contribution in [0.25, 0.3) is 0 Å². The fourth-order valence-electron chi connectivity index (χ4n) is 2.09. The number of nitrogens with zero attached hydrogens (tertiary/aromatic N) is 1. The smallest absolute Gasteiger partial charge is 0.326 e. The number of nitriles is 1. The summed E-state index contributed by atoms with van der Waals surface area (Å²) < 4.78 is 10.2. The Morgan fingerprint density at radius 2 is 1.86 bits per heavy atom. The average molecular weight is 381 g/mol. The zero-order valence-corrected chi connectivity index (χ0v) is 15.2. The predicted molar refractivity (Wildman–Crippen MR) is 100 cm³/mol. The number of anilines is 1. The van der Waals surface area contributed by atoms with Crippen molar-refractivity contribution in [2.45, 2.75) is 13.0 Å². The highest BCUT2D eigenvalue weighted by Gasteiger charge is 2.18. The first-order valence-electron chi connectivity index (χ1n) is 8.43. The molecule has 0 fully saturated rings. The van der Waals surface area contributed by atoms with Gasteiger partial charge in [0.05, 0.1) is 11.6 Å². The van der Waals surface area contributed by atoms with Crippen LogP contribution in [0.1, 0.15) is 12.5 Å². The van der Waals surface area contributed by atoms with Crippen molar-refractivity contribution in [2.75, 3.05) is 18.5 Å². The summed E-state index contributed by atoms with van der Waals surface area (Å²) in [5.41, 5.74) is 0.807. The summed E-state index contributed by atoms with van der Waals surface area (Å²) in [6.07, 6.45) is -1.07. The molecule has 0 aromatic heterocycles. The average Bonchev–Trinajstić information content (AvgIpc) is 2.71. The first kappa shape index (κ1) is 20.5. The summed E-state index contributed by atoms with van der Waals surface area (Å²) in [5.74, 6) is -1.28. The maximum Gasteiger partial charge on any atom is 0.326 e. The van der Waals surface area contributed by atoms with E-state index in [0.717, 1.165) is 0 Å². The van der Waals surface area contributed by atoms with Gasteiger partial charge in [-0.2, -0.15) is 5.26 Å². The van der Waals surface area contributed by atoms with Gasteiger partial charge in [0.15, 0.2) is 12.7 Å². The summed E-state index contributed by atoms with van der Waals surface area (Å²) in [7, 11) is 0. The first-order valence-corrected chi connectivity index (χ1v) is 8.43. The van der Waals surface area contributed by atoms with E-state index in [9.17, 15) is 14.4 Å². The van der Waals surface area contributed by atoms with Crippen LogP contribution in [0.4, 0.5) is 5.69 Å². The van der Waals surface area contributed by atoms with Crippen molar-refractivity contribution in [1.82, 2.24) is 5.32 Å². The Labute approximate surface area is 162 Å². The van der Waals surface area contributed by atoms with Gasteiger partial charge in [0.2, 0.25) is 0 Å². The van der Waals surface area contributed by atoms with E-state index in [-0.39, 0.29) is 6.61 Å². The molecule has 0 heterocycles. The number of para-hydroxylation sites is 1. The number of ether oxygens (including phenoxy) is 2. The lowest BCUT2D eigenvalue weighted by Crippen LogP contribution is -2.37. The van der Waals surface area contributed by atoms with Crippen LogP contribution in [0.15, 0.2) is 54.6 Å². The number of amides is 2. The summed E-state index contributed by atoms with van der Waals surface area (Å²) in [4.78, 5) is 35.5. The molecule has 2 aromatic carbocycles. The molecule has 144 valence electrons. The molecule has 28 heavy (non-hydrogen) atoms. The molecule has 0 spiro atoms. The molecule has 0 bridgehead atoms. The van der Waals surface area contributed by atoms with E-state index in [4.69, 9.17) is 14.7 Å². The van der Waals surface area contributed by atoms with E-state index in [1.807, 2.05) is 12.1 Å². The van der Waals surface area contributed by atoms with Crippen LogP contribution in [-0.2, 0) is 19.1 Å². The Morgan fingerprint density at radius 1 is 1.11 bits per heavy atom. The van der Waals surface area contributed by atoms with Crippen LogP contribution >= 0.6 is 0 Å². The molecule has 0 aliphatic heterocycles. The van der Waals surface area contributed by atoms with Gasteiger partial charge in [-0.25, -0.2) is 0 Å². The molecule has 8 heteroatoms. The number of benzene rings is 2. The monoisotopic (exact) mass is 381 g/mol. The molecule has 0 saturated heterocycles. The van der Waals surface area contributed by atoms with Crippen LogP contribution < -0.4 is 15.4 Å². The minimum atomic E-state index is -1.07. The summed E-state index contributed by atoms with van der Waals surface area (Å²) in [6.45, 7) is 0.767. The number of hydrogen-bond acceptors (Lipinski definition) is 6. The van der Waals surface area contributed by atoms with Crippen LogP contribution in [-0.4, -0.2) is 37.0 Å². The van der Waals surface area contributed by atoms with Gasteiger partial charge in [-0.05, 0) is 37.3 Å². The van der Waals surface area contributed by atoms with Crippen molar-refractivity contribution >= 4 is 23.5 Å². The number of hydrogen-bond donors (Lipinski definition) is 2. The van der Waals surface area contributed by atoms with Crippen molar-refractivity contribution in [2.24, 2.45) is 0 Å². The van der Waals surface area contributed by atoms with E-state index >= 15 is 0 Å². The standard InChI is InChI=1S/C20H19N3O5/c1-14(20(26)23-16-7-5-6-15(10-16)11-21)28-19(25)12-22-18(24)13-27-17-8-3-2-4-9-17/h2-10,14H,12-13H2,1H3,(H,22,24)(H,23,26). The number of carbonyl (C=O) groups is 3. The summed E-state index contributed by atoms with van der Waals surface area (Å²) in [6, 6.07) is 17.1. The normalized spacial score (nSPS) is 10.9. The number of carbonyl (C=O) groups excluding carboxylic acids is 3. The van der Waals surface area contributed by atoms with E-state index < -0.39 is 30.4 Å². The van der Waals surface area contributed by atoms with Crippen molar-refractivity contribution in [1.29, 1.82) is 5.26 Å². The number of rotatable bonds is 8. The lowest BCUT2D eigenvalue weighted by atomic mass is 10.2. The van der Waals surface area contributed by atoms with E-state index in [0.29, 0.717) is 17.0 Å². The Morgan fingerprint density at radius 3 is 2.57 bits per heavy atom. The molecule has 1 atom stereocenters. The van der Waals surface area contributed by atoms with Crippen molar-refractivity contribution in [3.63, 3.8) is 0 Å². The third-order valence-corrected chi connectivity index (χ3v) is 3.48. The van der Waals surface area contributed by atoms with E-state index in [1.165, 1.54) is 13.0 Å². The van der Waals surface area contributed by atoms with Crippen molar-refractivity contribution < 1.29 is 23.9 Å². The topological polar surface area (TPSA) is 118 Å². The molecular weight excluding hydrogens is 362 g/mol. The van der Waals surface area contributed by atoms with Gasteiger partial charge < -0.3 is 20.1 Å². The fourth-order valence-corrected chi connectivity index (χ4v) is 2.09. The van der Waals surface area contributed by atoms with Gasteiger partial charge in [0, 0.05) is 5.69 Å². The van der Waals surface area contributed by atoms with Crippen LogP contribution in [0, 0.1) is 11.3 Å². The van der Waals surface area contributed by atoms with Gasteiger partial charge in [0.1, 0.15) is 12.3 Å². The number of nitrogens with one attached hydrogen (secondary N) is 2. The maximum atomic E-state index is 12.1. The Hall–Kier alpha value is -3.86. The second kappa shape index (κ2) is 10.3. The molecule has 2 amide bonds. The first-order chi connectivity index (χ1) is 13.5. The zero-order chi connectivity index (χ0) is 20.4. The van der Waals surface area contributed by atoms with Crippen molar-refractivity contribution in [3.05, 3.63) is 60.2 Å². The molecule has 8 nitrogen and oxygen atoms in total. The zero-order valence-electron chi connectivity index (χ0n) is 15.2. The summed E-state index contributed by atoms with van der Waals surface area (Å²) >= 11 is 0. The highest BCUT2D eigenvalue weighted by molar-refractivity contribution is 5.95. The molecule has 1 unspecified atom stereocenters. The number of esters is 1. The molecule has 0 radical (unpaired) electrons. The Kier molecular flexibility index (Phi) is 7.54. The predicted octanol–water partition coefficient (Wildman–Crippen LogP) is 1.62. The highest BCUT2D eigenvalue weighted by atomic mass is 16.5. The SMILES string of the molecule is CC(OC(=O)CNC(=O)COc1ccccc1)C(=O)Nc1cccc(C#N)c1. The van der Waals surface area contributed by atoms with Crippen LogP contribution in [0.3, 0.4) is 0 Å². The van der Waals surface area contributed by atoms with Crippen LogP contribution in [0.2, 0.25) is 0 Å². The van der Waals surface area contributed by atoms with Gasteiger partial charge in [-0.15, -0.1) is 0 Å². The van der Waals surface area contributed by atoms with Gasteiger partial charge >= 0.3 is 5.97 Å². The lowest BCUT2D eigenvalue weighted by Gasteiger charge is -2.14. The Balaban J connectivity index is 1.71. The second-order valence-electron chi connectivity index (χ2n) is 5.69. The maximum absolute atomic E-state index is 12.1. The third kappa shape index (κ3) is 6.80. The highest BCUT2D eigenvalue weighted by Crippen LogP contribution is 2.11.